The molecule has 0 bridgehead atoms. The molecule has 1 aromatic carbocycles. The number of ether oxygens (including phenoxy) is 1. The van der Waals surface area contributed by atoms with Crippen LogP contribution in [-0.2, 0) is 6.54 Å². The van der Waals surface area contributed by atoms with Crippen LogP contribution in [0.3, 0.4) is 0 Å². The van der Waals surface area contributed by atoms with Gasteiger partial charge in [-0.2, -0.15) is 0 Å². The summed E-state index contributed by atoms with van der Waals surface area (Å²) in [5.74, 6) is 1.98. The van der Waals surface area contributed by atoms with Crippen molar-refractivity contribution in [1.29, 1.82) is 0 Å². The zero-order valence-corrected chi connectivity index (χ0v) is 12.1. The normalized spacial score (nSPS) is 14.6. The monoisotopic (exact) mass is 278 g/mol. The molecule has 0 heterocycles. The first-order valence-electron chi connectivity index (χ1n) is 7.17. The zero-order chi connectivity index (χ0) is 14.5. The van der Waals surface area contributed by atoms with Gasteiger partial charge in [0.1, 0.15) is 5.75 Å². The Morgan fingerprint density at radius 3 is 2.80 bits per heavy atom. The van der Waals surface area contributed by atoms with Gasteiger partial charge in [-0.3, -0.25) is 10.1 Å². The molecule has 1 aliphatic carbocycles. The maximum atomic E-state index is 10.9. The minimum atomic E-state index is -0.364. The highest BCUT2D eigenvalue weighted by molar-refractivity contribution is 5.43. The fraction of sp³-hybridized carbons (Fsp3) is 0.600. The summed E-state index contributed by atoms with van der Waals surface area (Å²) in [5, 5.41) is 14.2. The second-order valence-corrected chi connectivity index (χ2v) is 5.83. The standard InChI is InChI=1S/C15H22N2O3/c1-11(2)8-16-9-13-7-14(17(18)19)5-6-15(13)20-10-12-3-4-12/h5-7,11-12,16H,3-4,8-10H2,1-2H3. The predicted molar refractivity (Wildman–Crippen MR) is 77.9 cm³/mol. The Hall–Kier alpha value is -1.62. The average Bonchev–Trinajstić information content (AvgIpc) is 3.20. The van der Waals surface area contributed by atoms with E-state index in [2.05, 4.69) is 19.2 Å². The lowest BCUT2D eigenvalue weighted by Crippen LogP contribution is -2.19. The van der Waals surface area contributed by atoms with Crippen molar-refractivity contribution in [3.8, 4) is 5.75 Å². The van der Waals surface area contributed by atoms with E-state index in [1.165, 1.54) is 18.9 Å². The molecule has 0 spiro atoms. The SMILES string of the molecule is CC(C)CNCc1cc([N+](=O)[O-])ccc1OCC1CC1. The zero-order valence-electron chi connectivity index (χ0n) is 12.1. The highest BCUT2D eigenvalue weighted by Gasteiger charge is 2.22. The van der Waals surface area contributed by atoms with Crippen LogP contribution >= 0.6 is 0 Å². The number of nitro groups is 1. The summed E-state index contributed by atoms with van der Waals surface area (Å²) in [7, 11) is 0. The van der Waals surface area contributed by atoms with Gasteiger partial charge in [0.2, 0.25) is 0 Å². The van der Waals surface area contributed by atoms with Crippen LogP contribution < -0.4 is 10.1 Å². The van der Waals surface area contributed by atoms with Crippen LogP contribution in [0.2, 0.25) is 0 Å². The topological polar surface area (TPSA) is 64.4 Å². The third-order valence-electron chi connectivity index (χ3n) is 3.29. The minimum Gasteiger partial charge on any atom is -0.493 e. The molecular formula is C15H22N2O3. The van der Waals surface area contributed by atoms with Crippen molar-refractivity contribution in [3.05, 3.63) is 33.9 Å². The maximum absolute atomic E-state index is 10.9. The van der Waals surface area contributed by atoms with Crippen LogP contribution in [0.4, 0.5) is 5.69 Å². The van der Waals surface area contributed by atoms with Crippen LogP contribution in [0.5, 0.6) is 5.75 Å². The van der Waals surface area contributed by atoms with Gasteiger partial charge in [-0.05, 0) is 37.3 Å². The van der Waals surface area contributed by atoms with E-state index in [0.717, 1.165) is 24.5 Å². The summed E-state index contributed by atoms with van der Waals surface area (Å²) in [6.07, 6.45) is 2.46. The molecule has 20 heavy (non-hydrogen) atoms. The lowest BCUT2D eigenvalue weighted by Gasteiger charge is -2.13. The Bertz CT molecular complexity index is 470. The fourth-order valence-electron chi connectivity index (χ4n) is 1.95. The fourth-order valence-corrected chi connectivity index (χ4v) is 1.95. The Balaban J connectivity index is 2.04. The van der Waals surface area contributed by atoms with E-state index in [-0.39, 0.29) is 10.6 Å². The molecule has 1 aromatic rings. The molecule has 5 heteroatoms. The minimum absolute atomic E-state index is 0.116. The van der Waals surface area contributed by atoms with Crippen molar-refractivity contribution in [2.75, 3.05) is 13.2 Å². The number of nitrogens with zero attached hydrogens (tertiary/aromatic N) is 1. The van der Waals surface area contributed by atoms with Gasteiger partial charge in [0.05, 0.1) is 11.5 Å². The van der Waals surface area contributed by atoms with E-state index < -0.39 is 0 Å². The summed E-state index contributed by atoms with van der Waals surface area (Å²) in [6, 6.07) is 4.83. The summed E-state index contributed by atoms with van der Waals surface area (Å²) in [4.78, 5) is 10.5. The van der Waals surface area contributed by atoms with Crippen LogP contribution in [0, 0.1) is 22.0 Å². The molecule has 0 atom stereocenters. The first-order chi connectivity index (χ1) is 9.56. The van der Waals surface area contributed by atoms with Crippen LogP contribution in [0.25, 0.3) is 0 Å². The number of nitro benzene ring substituents is 1. The van der Waals surface area contributed by atoms with Crippen molar-refractivity contribution < 1.29 is 9.66 Å². The number of hydrogen-bond donors (Lipinski definition) is 1. The molecule has 0 unspecified atom stereocenters. The molecule has 0 amide bonds. The summed E-state index contributed by atoms with van der Waals surface area (Å²) >= 11 is 0. The number of non-ortho nitro benzene ring substituents is 1. The van der Waals surface area contributed by atoms with Gasteiger partial charge in [0.25, 0.3) is 5.69 Å². The predicted octanol–water partition coefficient (Wildman–Crippen LogP) is 3.13. The number of benzene rings is 1. The highest BCUT2D eigenvalue weighted by atomic mass is 16.6. The Labute approximate surface area is 119 Å². The van der Waals surface area contributed by atoms with Gasteiger partial charge in [0, 0.05) is 24.2 Å². The molecule has 1 fully saturated rings. The maximum Gasteiger partial charge on any atom is 0.270 e. The Morgan fingerprint density at radius 2 is 2.20 bits per heavy atom. The van der Waals surface area contributed by atoms with Crippen molar-refractivity contribution in [2.24, 2.45) is 11.8 Å². The van der Waals surface area contributed by atoms with E-state index in [1.807, 2.05) is 0 Å². The first-order valence-corrected chi connectivity index (χ1v) is 7.17. The molecule has 5 nitrogen and oxygen atoms in total. The first kappa shape index (κ1) is 14.8. The molecular weight excluding hydrogens is 256 g/mol. The van der Waals surface area contributed by atoms with Gasteiger partial charge >= 0.3 is 0 Å². The van der Waals surface area contributed by atoms with Crippen molar-refractivity contribution in [1.82, 2.24) is 5.32 Å². The number of rotatable bonds is 8. The molecule has 1 saturated carbocycles. The van der Waals surface area contributed by atoms with Crippen LogP contribution in [-0.4, -0.2) is 18.1 Å². The second-order valence-electron chi connectivity index (χ2n) is 5.83. The molecule has 110 valence electrons. The van der Waals surface area contributed by atoms with E-state index in [0.29, 0.717) is 18.4 Å². The van der Waals surface area contributed by atoms with E-state index in [1.54, 1.807) is 12.1 Å². The molecule has 1 N–H and O–H groups in total. The van der Waals surface area contributed by atoms with E-state index in [4.69, 9.17) is 4.74 Å². The average molecular weight is 278 g/mol. The van der Waals surface area contributed by atoms with Crippen LogP contribution in [0.15, 0.2) is 18.2 Å². The smallest absolute Gasteiger partial charge is 0.270 e. The lowest BCUT2D eigenvalue weighted by molar-refractivity contribution is -0.384. The van der Waals surface area contributed by atoms with Gasteiger partial charge in [-0.1, -0.05) is 13.8 Å². The van der Waals surface area contributed by atoms with Gasteiger partial charge in [0.15, 0.2) is 0 Å². The molecule has 0 aromatic heterocycles. The van der Waals surface area contributed by atoms with Gasteiger partial charge in [-0.25, -0.2) is 0 Å². The van der Waals surface area contributed by atoms with Crippen molar-refractivity contribution in [3.63, 3.8) is 0 Å². The van der Waals surface area contributed by atoms with Crippen molar-refractivity contribution in [2.45, 2.75) is 33.2 Å². The lowest BCUT2D eigenvalue weighted by atomic mass is 10.1. The molecule has 2 rings (SSSR count). The Kier molecular flexibility index (Phi) is 4.95. The number of nitrogens with one attached hydrogen (secondary N) is 1. The summed E-state index contributed by atoms with van der Waals surface area (Å²) in [5.41, 5.74) is 0.977. The largest absolute Gasteiger partial charge is 0.493 e. The third kappa shape index (κ3) is 4.49. The highest BCUT2D eigenvalue weighted by Crippen LogP contribution is 2.31. The summed E-state index contributed by atoms with van der Waals surface area (Å²) < 4.78 is 5.79. The van der Waals surface area contributed by atoms with E-state index in [9.17, 15) is 10.1 Å². The molecule has 1 aliphatic rings. The Morgan fingerprint density at radius 1 is 1.45 bits per heavy atom. The van der Waals surface area contributed by atoms with Gasteiger partial charge in [-0.15, -0.1) is 0 Å². The van der Waals surface area contributed by atoms with Crippen LogP contribution in [0.1, 0.15) is 32.3 Å². The van der Waals surface area contributed by atoms with E-state index >= 15 is 0 Å². The quantitative estimate of drug-likeness (QED) is 0.586. The molecule has 0 saturated heterocycles. The molecule has 0 aliphatic heterocycles. The summed E-state index contributed by atoms with van der Waals surface area (Å²) in [6.45, 7) is 6.45. The third-order valence-corrected chi connectivity index (χ3v) is 3.29. The second kappa shape index (κ2) is 6.70. The number of hydrogen-bond acceptors (Lipinski definition) is 4. The van der Waals surface area contributed by atoms with Crippen molar-refractivity contribution >= 4 is 5.69 Å². The van der Waals surface area contributed by atoms with Gasteiger partial charge < -0.3 is 10.1 Å². The molecule has 0 radical (unpaired) electrons.